The lowest BCUT2D eigenvalue weighted by atomic mass is 10.1. The number of benzene rings is 4. The van der Waals surface area contributed by atoms with E-state index in [1.807, 2.05) is 92.0 Å². The molecule has 4 aromatic carbocycles. The van der Waals surface area contributed by atoms with E-state index in [0.717, 1.165) is 31.8 Å². The van der Waals surface area contributed by atoms with Gasteiger partial charge in [0.15, 0.2) is 5.13 Å². The van der Waals surface area contributed by atoms with Crippen molar-refractivity contribution in [2.24, 2.45) is 0 Å². The fourth-order valence-corrected chi connectivity index (χ4v) is 6.45. The van der Waals surface area contributed by atoms with Gasteiger partial charge in [0.1, 0.15) is 5.70 Å². The molecule has 0 aliphatic carbocycles. The van der Waals surface area contributed by atoms with Gasteiger partial charge in [0, 0.05) is 31.6 Å². The van der Waals surface area contributed by atoms with E-state index in [1.165, 1.54) is 23.1 Å². The second kappa shape index (κ2) is 15.7. The molecule has 1 aromatic heterocycles. The summed E-state index contributed by atoms with van der Waals surface area (Å²) in [6.45, 7) is 3.90. The number of carbonyl (C=O) groups is 3. The first-order valence-electron chi connectivity index (χ1n) is 14.5. The van der Waals surface area contributed by atoms with Gasteiger partial charge in [-0.05, 0) is 73.0 Å². The molecule has 1 atom stereocenters. The third kappa shape index (κ3) is 8.81. The van der Waals surface area contributed by atoms with Gasteiger partial charge in [-0.15, -0.1) is 23.1 Å². The van der Waals surface area contributed by atoms with Crippen LogP contribution < -0.4 is 16.0 Å². The summed E-state index contributed by atoms with van der Waals surface area (Å²) in [7, 11) is 0. The highest BCUT2D eigenvalue weighted by molar-refractivity contribution is 9.10. The van der Waals surface area contributed by atoms with Gasteiger partial charge in [-0.3, -0.25) is 14.4 Å². The van der Waals surface area contributed by atoms with Crippen molar-refractivity contribution in [1.29, 1.82) is 0 Å². The monoisotopic (exact) mass is 710 g/mol. The van der Waals surface area contributed by atoms with Crippen LogP contribution in [-0.2, 0) is 9.59 Å². The third-order valence-electron chi connectivity index (χ3n) is 6.92. The van der Waals surface area contributed by atoms with Gasteiger partial charge >= 0.3 is 0 Å². The SMILES string of the molecule is CCC(Sc1cccc(NC(=O)/C(=C/c2ccccc2C)NC(=O)c2ccccc2)c1)C(=O)Nc1nc(-c2ccc(Br)cc2)cs1. The molecule has 0 aliphatic heterocycles. The van der Waals surface area contributed by atoms with Gasteiger partial charge in [-0.25, -0.2) is 4.98 Å². The van der Waals surface area contributed by atoms with E-state index < -0.39 is 5.91 Å². The molecule has 1 unspecified atom stereocenters. The van der Waals surface area contributed by atoms with Crippen molar-refractivity contribution in [3.8, 4) is 11.3 Å². The zero-order chi connectivity index (χ0) is 32.5. The van der Waals surface area contributed by atoms with E-state index >= 15 is 0 Å². The predicted octanol–water partition coefficient (Wildman–Crippen LogP) is 8.80. The molecular weight excluding hydrogens is 680 g/mol. The van der Waals surface area contributed by atoms with Crippen LogP contribution in [-0.4, -0.2) is 28.0 Å². The number of aryl methyl sites for hydroxylation is 1. The fraction of sp³-hybridized carbons (Fsp3) is 0.111. The van der Waals surface area contributed by atoms with Crippen molar-refractivity contribution in [2.75, 3.05) is 10.6 Å². The minimum Gasteiger partial charge on any atom is -0.321 e. The number of thioether (sulfide) groups is 1. The lowest BCUT2D eigenvalue weighted by Gasteiger charge is -2.15. The predicted molar refractivity (Wildman–Crippen MR) is 192 cm³/mol. The summed E-state index contributed by atoms with van der Waals surface area (Å²) in [6, 6.07) is 31.5. The zero-order valence-electron chi connectivity index (χ0n) is 25.1. The van der Waals surface area contributed by atoms with Crippen LogP contribution in [0.1, 0.15) is 34.8 Å². The van der Waals surface area contributed by atoms with Crippen molar-refractivity contribution < 1.29 is 14.4 Å². The van der Waals surface area contributed by atoms with Crippen LogP contribution in [0.2, 0.25) is 0 Å². The molecule has 7 nitrogen and oxygen atoms in total. The smallest absolute Gasteiger partial charge is 0.272 e. The maximum atomic E-state index is 13.5. The first kappa shape index (κ1) is 32.9. The minimum atomic E-state index is -0.468. The van der Waals surface area contributed by atoms with Crippen molar-refractivity contribution in [2.45, 2.75) is 30.4 Å². The number of thiazole rings is 1. The Morgan fingerprint density at radius 3 is 2.39 bits per heavy atom. The lowest BCUT2D eigenvalue weighted by molar-refractivity contribution is -0.116. The molecule has 0 aliphatic rings. The van der Waals surface area contributed by atoms with Gasteiger partial charge < -0.3 is 16.0 Å². The normalized spacial score (nSPS) is 11.8. The van der Waals surface area contributed by atoms with Crippen LogP contribution >= 0.6 is 39.0 Å². The second-order valence-corrected chi connectivity index (χ2v) is 13.3. The summed E-state index contributed by atoms with van der Waals surface area (Å²) in [4.78, 5) is 45.2. The Kier molecular flexibility index (Phi) is 11.2. The number of aromatic nitrogens is 1. The minimum absolute atomic E-state index is 0.109. The largest absolute Gasteiger partial charge is 0.321 e. The van der Waals surface area contributed by atoms with Crippen molar-refractivity contribution >= 4 is 73.6 Å². The number of anilines is 2. The molecule has 3 amide bonds. The van der Waals surface area contributed by atoms with Gasteiger partial charge in [0.25, 0.3) is 11.8 Å². The molecule has 0 bridgehead atoms. The van der Waals surface area contributed by atoms with Crippen molar-refractivity contribution in [3.05, 3.63) is 135 Å². The summed E-state index contributed by atoms with van der Waals surface area (Å²) in [5, 5.41) is 10.7. The Morgan fingerprint density at radius 1 is 0.913 bits per heavy atom. The van der Waals surface area contributed by atoms with Crippen LogP contribution in [0.5, 0.6) is 0 Å². The summed E-state index contributed by atoms with van der Waals surface area (Å²) < 4.78 is 0.987. The van der Waals surface area contributed by atoms with Gasteiger partial charge in [0.05, 0.1) is 10.9 Å². The van der Waals surface area contributed by atoms with Crippen LogP contribution in [0.15, 0.2) is 124 Å². The third-order valence-corrected chi connectivity index (χ3v) is 9.57. The van der Waals surface area contributed by atoms with E-state index in [1.54, 1.807) is 36.4 Å². The molecule has 0 saturated carbocycles. The summed E-state index contributed by atoms with van der Waals surface area (Å²) in [5.74, 6) is -1.00. The van der Waals surface area contributed by atoms with E-state index in [0.29, 0.717) is 22.8 Å². The Hall–Kier alpha value is -4.51. The van der Waals surface area contributed by atoms with Gasteiger partial charge in [-0.2, -0.15) is 0 Å². The summed E-state index contributed by atoms with van der Waals surface area (Å²) in [6.07, 6.45) is 2.26. The van der Waals surface area contributed by atoms with Crippen molar-refractivity contribution in [3.63, 3.8) is 0 Å². The maximum absolute atomic E-state index is 13.5. The Bertz CT molecular complexity index is 1870. The highest BCUT2D eigenvalue weighted by Crippen LogP contribution is 2.30. The molecule has 0 spiro atoms. The Morgan fingerprint density at radius 2 is 1.65 bits per heavy atom. The standard InChI is InChI=1S/C36H31BrN4O3S2/c1-3-32(35(44)41-36-40-31(22-45-36)24-16-18-27(37)19-17-24)46-29-15-9-14-28(21-29)38-34(43)30(20-26-13-8-7-10-23(26)2)39-33(42)25-11-5-4-6-12-25/h4-22,32H,3H2,1-2H3,(H,38,43)(H,39,42)(H,40,41,44)/b30-20-. The molecule has 46 heavy (non-hydrogen) atoms. The van der Waals surface area contributed by atoms with Gasteiger partial charge in [0.2, 0.25) is 5.91 Å². The average molecular weight is 712 g/mol. The summed E-state index contributed by atoms with van der Waals surface area (Å²) >= 11 is 6.23. The van der Waals surface area contributed by atoms with Gasteiger partial charge in [-0.1, -0.05) is 83.5 Å². The van der Waals surface area contributed by atoms with Crippen LogP contribution in [0, 0.1) is 6.92 Å². The van der Waals surface area contributed by atoms with Crippen LogP contribution in [0.25, 0.3) is 17.3 Å². The number of hydrogen-bond acceptors (Lipinski definition) is 6. The topological polar surface area (TPSA) is 100 Å². The summed E-state index contributed by atoms with van der Waals surface area (Å²) in [5.41, 5.74) is 4.63. The lowest BCUT2D eigenvalue weighted by Crippen LogP contribution is -2.30. The molecule has 1 heterocycles. The maximum Gasteiger partial charge on any atom is 0.272 e. The van der Waals surface area contributed by atoms with E-state index in [-0.39, 0.29) is 22.8 Å². The number of nitrogens with zero attached hydrogens (tertiary/aromatic N) is 1. The molecule has 0 saturated heterocycles. The Balaban J connectivity index is 1.28. The molecule has 5 rings (SSSR count). The highest BCUT2D eigenvalue weighted by Gasteiger charge is 2.21. The quantitative estimate of drug-likeness (QED) is 0.0940. The van der Waals surface area contributed by atoms with Crippen molar-refractivity contribution in [1.82, 2.24) is 10.3 Å². The second-order valence-electron chi connectivity index (χ2n) is 10.3. The zero-order valence-corrected chi connectivity index (χ0v) is 28.3. The van der Waals surface area contributed by atoms with E-state index in [2.05, 4.69) is 36.9 Å². The Labute approximate surface area is 284 Å². The number of amides is 3. The number of carbonyl (C=O) groups excluding carboxylic acids is 3. The van der Waals surface area contributed by atoms with E-state index in [9.17, 15) is 14.4 Å². The van der Waals surface area contributed by atoms with Crippen LogP contribution in [0.4, 0.5) is 10.8 Å². The molecule has 0 radical (unpaired) electrons. The number of nitrogens with one attached hydrogen (secondary N) is 3. The highest BCUT2D eigenvalue weighted by atomic mass is 79.9. The first-order chi connectivity index (χ1) is 22.3. The van der Waals surface area contributed by atoms with E-state index in [4.69, 9.17) is 0 Å². The van der Waals surface area contributed by atoms with Crippen LogP contribution in [0.3, 0.4) is 0 Å². The first-order valence-corrected chi connectivity index (χ1v) is 17.1. The fourth-order valence-electron chi connectivity index (χ4n) is 4.45. The number of hydrogen-bond donors (Lipinski definition) is 3. The molecular formula is C36H31BrN4O3S2. The molecule has 3 N–H and O–H groups in total. The molecule has 10 heteroatoms. The molecule has 232 valence electrons. The average Bonchev–Trinajstić information content (AvgIpc) is 3.53. The molecule has 5 aromatic rings. The number of rotatable bonds is 11. The molecule has 0 fully saturated rings. The number of halogens is 1.